The molecule has 0 aliphatic rings. The number of pyridine rings is 2. The largest absolute Gasteiger partial charge is 0.455 e. The van der Waals surface area contributed by atoms with E-state index in [9.17, 15) is 9.59 Å². The Kier molecular flexibility index (Phi) is 7.00. The lowest BCUT2D eigenvalue weighted by Crippen LogP contribution is -2.25. The lowest BCUT2D eigenvalue weighted by molar-refractivity contribution is 0.0946. The van der Waals surface area contributed by atoms with Crippen molar-refractivity contribution >= 4 is 22.6 Å². The summed E-state index contributed by atoms with van der Waals surface area (Å²) in [4.78, 5) is 34.8. The summed E-state index contributed by atoms with van der Waals surface area (Å²) in [6.07, 6.45) is 4.99. The average Bonchev–Trinajstić information content (AvgIpc) is 2.95. The summed E-state index contributed by atoms with van der Waals surface area (Å²) in [7, 11) is 0. The van der Waals surface area contributed by atoms with Crippen LogP contribution < -0.4 is 16.1 Å². The molecule has 5 rings (SSSR count). The second kappa shape index (κ2) is 10.7. The zero-order chi connectivity index (χ0) is 26.6. The molecule has 0 radical (unpaired) electrons. The van der Waals surface area contributed by atoms with Crippen molar-refractivity contribution in [3.8, 4) is 11.3 Å². The Balaban J connectivity index is 1.50. The highest BCUT2D eigenvalue weighted by Crippen LogP contribution is 2.32. The van der Waals surface area contributed by atoms with Crippen molar-refractivity contribution in [1.82, 2.24) is 15.3 Å². The number of carbonyl (C=O) groups is 1. The quantitative estimate of drug-likeness (QED) is 0.283. The first-order valence-electron chi connectivity index (χ1n) is 12.4. The van der Waals surface area contributed by atoms with Crippen molar-refractivity contribution < 1.29 is 9.21 Å². The van der Waals surface area contributed by atoms with Gasteiger partial charge in [0.25, 0.3) is 5.91 Å². The summed E-state index contributed by atoms with van der Waals surface area (Å²) in [6.45, 7) is 6.06. The van der Waals surface area contributed by atoms with E-state index in [1.54, 1.807) is 31.6 Å². The minimum atomic E-state index is -0.299. The monoisotopic (exact) mass is 504 g/mol. The lowest BCUT2D eigenvalue weighted by atomic mass is 9.98. The number of aryl methyl sites for hydroxylation is 1. The number of hydrogen-bond donors (Lipinski definition) is 2. The molecule has 0 bridgehead atoms. The summed E-state index contributed by atoms with van der Waals surface area (Å²) in [5.74, 6) is 0.254. The highest BCUT2D eigenvalue weighted by atomic mass is 16.3. The number of aromatic nitrogens is 2. The number of anilines is 1. The third-order valence-corrected chi connectivity index (χ3v) is 6.47. The summed E-state index contributed by atoms with van der Waals surface area (Å²) < 4.78 is 6.43. The van der Waals surface area contributed by atoms with Crippen molar-refractivity contribution in [3.05, 3.63) is 123 Å². The van der Waals surface area contributed by atoms with Crippen molar-refractivity contribution in [2.45, 2.75) is 33.4 Å². The van der Waals surface area contributed by atoms with Crippen LogP contribution in [0.3, 0.4) is 0 Å². The SMILES string of the molecule is Cc1cc([C@@H](C)Nc2cccnc2C(=O)NCc2cccnc2)c2oc(-c3ccccc3)c(C)c(=O)c2c1. The number of nitrogens with one attached hydrogen (secondary N) is 2. The minimum absolute atomic E-state index is 0.0564. The van der Waals surface area contributed by atoms with Crippen LogP contribution in [0.2, 0.25) is 0 Å². The molecule has 1 amide bonds. The van der Waals surface area contributed by atoms with Crippen LogP contribution in [-0.4, -0.2) is 15.9 Å². The van der Waals surface area contributed by atoms with Crippen LogP contribution in [0.4, 0.5) is 5.69 Å². The van der Waals surface area contributed by atoms with E-state index in [4.69, 9.17) is 4.42 Å². The van der Waals surface area contributed by atoms with Gasteiger partial charge in [-0.15, -0.1) is 0 Å². The summed E-state index contributed by atoms with van der Waals surface area (Å²) in [5, 5.41) is 6.86. The molecule has 0 unspecified atom stereocenters. The Bertz CT molecular complexity index is 1660. The van der Waals surface area contributed by atoms with Crippen molar-refractivity contribution in [2.24, 2.45) is 0 Å². The highest BCUT2D eigenvalue weighted by molar-refractivity contribution is 5.97. The van der Waals surface area contributed by atoms with E-state index in [1.165, 1.54) is 0 Å². The second-order valence-electron chi connectivity index (χ2n) is 9.29. The fraction of sp³-hybridized carbons (Fsp3) is 0.161. The van der Waals surface area contributed by atoms with Gasteiger partial charge in [0.05, 0.1) is 17.1 Å². The van der Waals surface area contributed by atoms with Gasteiger partial charge in [-0.05, 0) is 56.2 Å². The molecule has 3 aromatic heterocycles. The first-order chi connectivity index (χ1) is 18.4. The zero-order valence-electron chi connectivity index (χ0n) is 21.5. The number of nitrogens with zero attached hydrogens (tertiary/aromatic N) is 2. The fourth-order valence-corrected chi connectivity index (χ4v) is 4.54. The predicted molar refractivity (Wildman–Crippen MR) is 149 cm³/mol. The van der Waals surface area contributed by atoms with Crippen LogP contribution in [0.25, 0.3) is 22.3 Å². The topological polar surface area (TPSA) is 97.1 Å². The van der Waals surface area contributed by atoms with Gasteiger partial charge in [0.2, 0.25) is 0 Å². The third kappa shape index (κ3) is 5.04. The highest BCUT2D eigenvalue weighted by Gasteiger charge is 2.21. The molecule has 190 valence electrons. The normalized spacial score (nSPS) is 11.8. The Labute approximate surface area is 220 Å². The van der Waals surface area contributed by atoms with E-state index in [0.29, 0.717) is 34.5 Å². The van der Waals surface area contributed by atoms with Crippen LogP contribution in [0.1, 0.15) is 45.7 Å². The fourth-order valence-electron chi connectivity index (χ4n) is 4.54. The summed E-state index contributed by atoms with van der Waals surface area (Å²) >= 11 is 0. The molecule has 7 heteroatoms. The van der Waals surface area contributed by atoms with E-state index in [2.05, 4.69) is 20.6 Å². The Morgan fingerprint density at radius 1 is 1.00 bits per heavy atom. The molecule has 0 fully saturated rings. The first-order valence-corrected chi connectivity index (χ1v) is 12.4. The van der Waals surface area contributed by atoms with Crippen LogP contribution in [0.5, 0.6) is 0 Å². The van der Waals surface area contributed by atoms with Gasteiger partial charge in [-0.2, -0.15) is 0 Å². The van der Waals surface area contributed by atoms with Gasteiger partial charge in [0, 0.05) is 41.8 Å². The number of benzene rings is 2. The van der Waals surface area contributed by atoms with Crippen LogP contribution >= 0.6 is 0 Å². The zero-order valence-corrected chi connectivity index (χ0v) is 21.5. The summed E-state index contributed by atoms with van der Waals surface area (Å²) in [5.41, 5.74) is 5.40. The van der Waals surface area contributed by atoms with E-state index in [1.807, 2.05) is 74.5 Å². The molecule has 38 heavy (non-hydrogen) atoms. The molecular formula is C31H28N4O3. The van der Waals surface area contributed by atoms with E-state index in [-0.39, 0.29) is 23.1 Å². The predicted octanol–water partition coefficient (Wildman–Crippen LogP) is 5.97. The number of rotatable bonds is 7. The Morgan fingerprint density at radius 2 is 1.79 bits per heavy atom. The number of hydrogen-bond acceptors (Lipinski definition) is 6. The van der Waals surface area contributed by atoms with Crippen LogP contribution in [0, 0.1) is 13.8 Å². The van der Waals surface area contributed by atoms with E-state index >= 15 is 0 Å². The van der Waals surface area contributed by atoms with Gasteiger partial charge in [0.15, 0.2) is 11.1 Å². The lowest BCUT2D eigenvalue weighted by Gasteiger charge is -2.20. The number of carbonyl (C=O) groups excluding carboxylic acids is 1. The molecule has 1 atom stereocenters. The maximum atomic E-state index is 13.4. The van der Waals surface area contributed by atoms with Gasteiger partial charge >= 0.3 is 0 Å². The molecule has 0 aliphatic carbocycles. The van der Waals surface area contributed by atoms with Gasteiger partial charge in [-0.1, -0.05) is 42.5 Å². The van der Waals surface area contributed by atoms with Gasteiger partial charge in [0.1, 0.15) is 11.3 Å². The Morgan fingerprint density at radius 3 is 2.55 bits per heavy atom. The third-order valence-electron chi connectivity index (χ3n) is 6.47. The summed E-state index contributed by atoms with van der Waals surface area (Å²) in [6, 6.07) is 20.5. The average molecular weight is 505 g/mol. The number of amides is 1. The molecule has 3 heterocycles. The molecular weight excluding hydrogens is 476 g/mol. The van der Waals surface area contributed by atoms with Gasteiger partial charge < -0.3 is 15.1 Å². The van der Waals surface area contributed by atoms with Crippen LogP contribution in [0.15, 0.2) is 94.5 Å². The minimum Gasteiger partial charge on any atom is -0.455 e. The molecule has 2 N–H and O–H groups in total. The molecule has 7 nitrogen and oxygen atoms in total. The standard InChI is InChI=1S/C31H28N4O3/c1-19-15-24(30-25(16-19)28(36)20(2)29(38-30)23-10-5-4-6-11-23)21(3)35-26-12-8-14-33-27(26)31(37)34-18-22-9-7-13-32-17-22/h4-17,21,35H,18H2,1-3H3,(H,34,37)/t21-/m1/s1. The maximum Gasteiger partial charge on any atom is 0.272 e. The van der Waals surface area contributed by atoms with Crippen molar-refractivity contribution in [1.29, 1.82) is 0 Å². The van der Waals surface area contributed by atoms with Gasteiger partial charge in [-0.3, -0.25) is 14.6 Å². The van der Waals surface area contributed by atoms with Crippen molar-refractivity contribution in [3.63, 3.8) is 0 Å². The van der Waals surface area contributed by atoms with E-state index < -0.39 is 0 Å². The van der Waals surface area contributed by atoms with Gasteiger partial charge in [-0.25, -0.2) is 4.98 Å². The number of fused-ring (bicyclic) bond motifs is 1. The Hall–Kier alpha value is -4.78. The first kappa shape index (κ1) is 24.9. The van der Waals surface area contributed by atoms with Crippen molar-refractivity contribution in [2.75, 3.05) is 5.32 Å². The molecule has 0 saturated heterocycles. The molecule has 2 aromatic carbocycles. The molecule has 5 aromatic rings. The molecule has 0 spiro atoms. The molecule has 0 saturated carbocycles. The maximum absolute atomic E-state index is 13.4. The van der Waals surface area contributed by atoms with Crippen LogP contribution in [-0.2, 0) is 6.54 Å². The molecule has 0 aliphatic heterocycles. The smallest absolute Gasteiger partial charge is 0.272 e. The van der Waals surface area contributed by atoms with E-state index in [0.717, 1.165) is 22.3 Å². The second-order valence-corrected chi connectivity index (χ2v) is 9.29.